The van der Waals surface area contributed by atoms with Crippen LogP contribution in [0.4, 0.5) is 10.2 Å². The maximum atomic E-state index is 13.6. The molecule has 0 spiro atoms. The number of halogens is 1. The number of aromatic amines is 1. The van der Waals surface area contributed by atoms with Crippen LogP contribution in [0.15, 0.2) is 81.7 Å². The summed E-state index contributed by atoms with van der Waals surface area (Å²) in [5.41, 5.74) is 13.6. The van der Waals surface area contributed by atoms with Gasteiger partial charge in [0.05, 0.1) is 59.3 Å². The van der Waals surface area contributed by atoms with E-state index in [1.807, 2.05) is 69.5 Å². The lowest BCUT2D eigenvalue weighted by atomic mass is 9.83. The molecule has 0 aliphatic carbocycles. The fourth-order valence-corrected chi connectivity index (χ4v) is 6.40. The first-order chi connectivity index (χ1) is 22.5. The van der Waals surface area contributed by atoms with E-state index in [2.05, 4.69) is 32.0 Å². The predicted molar refractivity (Wildman–Crippen MR) is 177 cm³/mol. The van der Waals surface area contributed by atoms with Gasteiger partial charge in [0.25, 0.3) is 0 Å². The quantitative estimate of drug-likeness (QED) is 0.285. The Kier molecular flexibility index (Phi) is 9.81. The van der Waals surface area contributed by atoms with Crippen LogP contribution in [0.5, 0.6) is 0 Å². The molecule has 3 heterocycles. The van der Waals surface area contributed by atoms with Crippen LogP contribution in [0, 0.1) is 53.0 Å². The van der Waals surface area contributed by atoms with Crippen LogP contribution < -0.4 is 5.73 Å². The number of nitrogens with zero attached hydrogens (tertiary/aromatic N) is 8. The Bertz CT molecular complexity index is 2030. The molecule has 2 atom stereocenters. The van der Waals surface area contributed by atoms with E-state index >= 15 is 0 Å². The van der Waals surface area contributed by atoms with Gasteiger partial charge in [0, 0.05) is 41.3 Å². The van der Waals surface area contributed by atoms with E-state index in [0.29, 0.717) is 40.5 Å². The molecule has 3 N–H and O–H groups in total. The minimum atomic E-state index is -0.605. The Morgan fingerprint density at radius 1 is 0.809 bits per heavy atom. The molecule has 3 aromatic rings. The predicted octanol–water partition coefficient (Wildman–Crippen LogP) is 7.58. The molecule has 10 nitrogen and oxygen atoms in total. The third-order valence-corrected chi connectivity index (χ3v) is 8.77. The molecule has 0 bridgehead atoms. The van der Waals surface area contributed by atoms with Crippen molar-refractivity contribution in [2.45, 2.75) is 53.4 Å². The Morgan fingerprint density at radius 2 is 1.30 bits per heavy atom. The highest BCUT2D eigenvalue weighted by Gasteiger charge is 2.34. The van der Waals surface area contributed by atoms with Gasteiger partial charge in [-0.15, -0.1) is 0 Å². The Labute approximate surface area is 274 Å². The van der Waals surface area contributed by atoms with Crippen LogP contribution in [0.2, 0.25) is 0 Å². The summed E-state index contributed by atoms with van der Waals surface area (Å²) in [5.74, 6) is -1.12. The first kappa shape index (κ1) is 33.5. The van der Waals surface area contributed by atoms with Crippen molar-refractivity contribution in [1.82, 2.24) is 20.0 Å². The van der Waals surface area contributed by atoms with Crippen LogP contribution in [0.25, 0.3) is 20.6 Å². The van der Waals surface area contributed by atoms with Crippen molar-refractivity contribution >= 4 is 16.7 Å². The zero-order valence-electron chi connectivity index (χ0n) is 27.1. The molecule has 5 rings (SSSR count). The SMILES string of the molecule is [C-]#[N+]C1=C(C)N(CC)C(C)=C(C#N)C1c1ccc(F)c(C#N)c1.[C-]#[N+]C1=C(C)N(CC)C(C)=C(C#N)C1c1ccc2[nH]nc(N)c2c1. The second kappa shape index (κ2) is 13.7. The molecule has 0 saturated heterocycles. The number of nitriles is 3. The largest absolute Gasteiger partial charge is 0.382 e. The van der Waals surface area contributed by atoms with Crippen molar-refractivity contribution < 1.29 is 4.39 Å². The summed E-state index contributed by atoms with van der Waals surface area (Å²) in [6, 6.07) is 16.2. The summed E-state index contributed by atoms with van der Waals surface area (Å²) < 4.78 is 13.6. The van der Waals surface area contributed by atoms with Crippen LogP contribution in [-0.2, 0) is 0 Å². The van der Waals surface area contributed by atoms with E-state index in [9.17, 15) is 14.9 Å². The van der Waals surface area contributed by atoms with Gasteiger partial charge in [-0.1, -0.05) is 12.1 Å². The standard InChI is InChI=1S/C18H15FN4.C18H18N6/c1-5-23-11(2)15(10-21)17(18(22-4)12(23)3)13-6-7-16(19)14(8-13)9-20;1-5-24-10(2)14(9-19)16(17(21-4)11(24)3)12-6-7-15-13(8-12)18(20)23-22-15/h6-8,17H,5H2,1-3H3;6-8,16H,5H2,1-3H3,(H3,20,22,23). The molecular formula is C36H33FN10. The highest BCUT2D eigenvalue weighted by Crippen LogP contribution is 2.44. The number of benzene rings is 2. The zero-order chi connectivity index (χ0) is 34.6. The zero-order valence-corrected chi connectivity index (χ0v) is 27.1. The Balaban J connectivity index is 0.000000213. The van der Waals surface area contributed by atoms with Crippen molar-refractivity contribution in [3.8, 4) is 18.2 Å². The third kappa shape index (κ3) is 5.78. The number of allylic oxidation sites excluding steroid dienone is 6. The number of nitrogens with one attached hydrogen (secondary N) is 1. The Hall–Kier alpha value is -6.35. The first-order valence-electron chi connectivity index (χ1n) is 14.9. The third-order valence-electron chi connectivity index (χ3n) is 8.77. The molecule has 0 fully saturated rings. The van der Waals surface area contributed by atoms with Crippen molar-refractivity contribution in [3.63, 3.8) is 0 Å². The molecule has 0 saturated carbocycles. The van der Waals surface area contributed by atoms with E-state index in [4.69, 9.17) is 24.1 Å². The molecule has 1 aromatic heterocycles. The molecular weight excluding hydrogens is 591 g/mol. The number of hydrogen-bond donors (Lipinski definition) is 2. The molecule has 234 valence electrons. The Morgan fingerprint density at radius 3 is 1.74 bits per heavy atom. The van der Waals surface area contributed by atoms with E-state index < -0.39 is 11.7 Å². The van der Waals surface area contributed by atoms with Gasteiger partial charge in [-0.25, -0.2) is 14.1 Å². The average molecular weight is 625 g/mol. The summed E-state index contributed by atoms with van der Waals surface area (Å²) in [4.78, 5) is 11.3. The minimum absolute atomic E-state index is 0.0858. The summed E-state index contributed by atoms with van der Waals surface area (Å²) in [5, 5.41) is 36.0. The number of hydrogen-bond acceptors (Lipinski definition) is 7. The van der Waals surface area contributed by atoms with Crippen LogP contribution in [-0.4, -0.2) is 33.1 Å². The maximum Gasteiger partial charge on any atom is 0.196 e. The molecule has 47 heavy (non-hydrogen) atoms. The van der Waals surface area contributed by atoms with Crippen LogP contribution in [0.3, 0.4) is 0 Å². The molecule has 2 aromatic carbocycles. The van der Waals surface area contributed by atoms with E-state index in [1.54, 1.807) is 6.07 Å². The molecule has 2 aliphatic heterocycles. The highest BCUT2D eigenvalue weighted by atomic mass is 19.1. The van der Waals surface area contributed by atoms with Crippen molar-refractivity contribution in [3.05, 3.63) is 127 Å². The minimum Gasteiger partial charge on any atom is -0.382 e. The molecule has 2 aliphatic rings. The topological polar surface area (TPSA) is 141 Å². The lowest BCUT2D eigenvalue weighted by Gasteiger charge is -2.35. The van der Waals surface area contributed by atoms with Crippen molar-refractivity contribution in [2.24, 2.45) is 0 Å². The summed E-state index contributed by atoms with van der Waals surface area (Å²) in [6.07, 6.45) is 0. The number of aromatic nitrogens is 2. The van der Waals surface area contributed by atoms with Gasteiger partial charge in [-0.2, -0.15) is 20.9 Å². The normalized spacial score (nSPS) is 17.8. The highest BCUT2D eigenvalue weighted by molar-refractivity contribution is 5.89. The molecule has 0 radical (unpaired) electrons. The molecule has 11 heteroatoms. The van der Waals surface area contributed by atoms with Gasteiger partial charge in [0.1, 0.15) is 11.9 Å². The van der Waals surface area contributed by atoms with Crippen LogP contribution >= 0.6 is 0 Å². The molecule has 2 unspecified atom stereocenters. The average Bonchev–Trinajstić information content (AvgIpc) is 3.45. The monoisotopic (exact) mass is 624 g/mol. The fraction of sp³-hybridized carbons (Fsp3) is 0.278. The molecule has 0 amide bonds. The van der Waals surface area contributed by atoms with Gasteiger partial charge >= 0.3 is 0 Å². The first-order valence-corrected chi connectivity index (χ1v) is 14.9. The number of H-pyrrole nitrogens is 1. The summed E-state index contributed by atoms with van der Waals surface area (Å²) in [7, 11) is 0. The van der Waals surface area contributed by atoms with E-state index in [-0.39, 0.29) is 11.5 Å². The van der Waals surface area contributed by atoms with Gasteiger partial charge < -0.3 is 15.5 Å². The number of nitrogen functional groups attached to an aromatic ring is 1. The lowest BCUT2D eigenvalue weighted by molar-refractivity contribution is 0.427. The fourth-order valence-electron chi connectivity index (χ4n) is 6.40. The van der Waals surface area contributed by atoms with Crippen LogP contribution in [0.1, 0.15) is 70.1 Å². The smallest absolute Gasteiger partial charge is 0.196 e. The number of anilines is 1. The maximum absolute atomic E-state index is 13.6. The van der Waals surface area contributed by atoms with Gasteiger partial charge in [-0.3, -0.25) is 5.10 Å². The van der Waals surface area contributed by atoms with Gasteiger partial charge in [0.2, 0.25) is 0 Å². The van der Waals surface area contributed by atoms with E-state index in [0.717, 1.165) is 45.8 Å². The second-order valence-electron chi connectivity index (χ2n) is 11.0. The summed E-state index contributed by atoms with van der Waals surface area (Å²) in [6.45, 7) is 28.1. The number of rotatable bonds is 4. The van der Waals surface area contributed by atoms with Gasteiger partial charge in [0.15, 0.2) is 17.2 Å². The lowest BCUT2D eigenvalue weighted by Crippen LogP contribution is -2.28. The second-order valence-corrected chi connectivity index (χ2v) is 11.0. The summed E-state index contributed by atoms with van der Waals surface area (Å²) >= 11 is 0. The van der Waals surface area contributed by atoms with E-state index in [1.165, 1.54) is 18.2 Å². The number of nitrogens with two attached hydrogens (primary N) is 1. The van der Waals surface area contributed by atoms with Gasteiger partial charge in [-0.05, 0) is 76.9 Å². The van der Waals surface area contributed by atoms with Crippen molar-refractivity contribution in [1.29, 1.82) is 15.8 Å². The van der Waals surface area contributed by atoms with Crippen molar-refractivity contribution in [2.75, 3.05) is 18.8 Å². The number of fused-ring (bicyclic) bond motifs is 1.